The van der Waals surface area contributed by atoms with Crippen molar-refractivity contribution in [3.05, 3.63) is 45.2 Å². The molecule has 9 heteroatoms. The summed E-state index contributed by atoms with van der Waals surface area (Å²) in [5, 5.41) is 10.6. The van der Waals surface area contributed by atoms with Gasteiger partial charge in [0.05, 0.1) is 16.9 Å². The van der Waals surface area contributed by atoms with Crippen LogP contribution in [0.4, 0.5) is 5.95 Å². The average molecular weight is 334 g/mol. The van der Waals surface area contributed by atoms with Crippen molar-refractivity contribution < 1.29 is 9.21 Å². The van der Waals surface area contributed by atoms with Crippen LogP contribution in [-0.4, -0.2) is 25.7 Å². The fourth-order valence-corrected chi connectivity index (χ4v) is 2.17. The minimum atomic E-state index is -0.642. The van der Waals surface area contributed by atoms with E-state index in [9.17, 15) is 9.59 Å². The molecule has 2 aromatic heterocycles. The van der Waals surface area contributed by atoms with Crippen LogP contribution in [0.1, 0.15) is 11.4 Å². The van der Waals surface area contributed by atoms with Gasteiger partial charge in [-0.15, -0.1) is 5.10 Å². The molecule has 1 aromatic carbocycles. The van der Waals surface area contributed by atoms with E-state index in [1.54, 1.807) is 26.0 Å². The maximum absolute atomic E-state index is 12.1. The number of anilines is 1. The average Bonchev–Trinajstić information content (AvgIpc) is 2.78. The van der Waals surface area contributed by atoms with Crippen molar-refractivity contribution >= 4 is 34.6 Å². The highest BCUT2D eigenvalue weighted by molar-refractivity contribution is 6.31. The summed E-state index contributed by atoms with van der Waals surface area (Å²) in [5.74, 6) is -1.02. The van der Waals surface area contributed by atoms with Gasteiger partial charge >= 0.3 is 5.76 Å². The zero-order valence-electron chi connectivity index (χ0n) is 12.3. The predicted octanol–water partition coefficient (Wildman–Crippen LogP) is 1.69. The van der Waals surface area contributed by atoms with Gasteiger partial charge < -0.3 is 4.42 Å². The highest BCUT2D eigenvalue weighted by Crippen LogP contribution is 2.18. The molecular formula is C14H12ClN5O3. The minimum absolute atomic E-state index is 0.0852. The number of nitrogens with one attached hydrogen (secondary N) is 1. The highest BCUT2D eigenvalue weighted by atomic mass is 35.5. The van der Waals surface area contributed by atoms with Crippen LogP contribution >= 0.6 is 11.6 Å². The maximum Gasteiger partial charge on any atom is 0.420 e. The first kappa shape index (κ1) is 15.2. The zero-order valence-corrected chi connectivity index (χ0v) is 13.1. The number of hydrogen-bond acceptors (Lipinski definition) is 6. The van der Waals surface area contributed by atoms with E-state index in [0.717, 1.165) is 0 Å². The summed E-state index contributed by atoms with van der Waals surface area (Å²) in [6.07, 6.45) is 0. The molecule has 1 amide bonds. The molecule has 0 saturated heterocycles. The molecule has 1 N–H and O–H groups in total. The first-order valence-electron chi connectivity index (χ1n) is 6.70. The lowest BCUT2D eigenvalue weighted by atomic mass is 10.3. The van der Waals surface area contributed by atoms with Crippen molar-refractivity contribution in [2.24, 2.45) is 0 Å². The lowest BCUT2D eigenvalue weighted by molar-refractivity contribution is -0.116. The number of oxazole rings is 1. The quantitative estimate of drug-likeness (QED) is 0.782. The molecule has 2 heterocycles. The van der Waals surface area contributed by atoms with E-state index < -0.39 is 11.7 Å². The number of carbonyl (C=O) groups excluding carboxylic acids is 1. The van der Waals surface area contributed by atoms with Gasteiger partial charge in [-0.3, -0.25) is 14.7 Å². The van der Waals surface area contributed by atoms with E-state index in [0.29, 0.717) is 27.5 Å². The number of hydrogen-bond donors (Lipinski definition) is 1. The predicted molar refractivity (Wildman–Crippen MR) is 83.4 cm³/mol. The second-order valence-corrected chi connectivity index (χ2v) is 5.36. The molecule has 0 aliphatic rings. The molecule has 3 aromatic rings. The largest absolute Gasteiger partial charge is 0.420 e. The third kappa shape index (κ3) is 3.07. The second kappa shape index (κ2) is 5.81. The van der Waals surface area contributed by atoms with Crippen molar-refractivity contribution in [2.75, 3.05) is 5.32 Å². The van der Waals surface area contributed by atoms with Gasteiger partial charge in [-0.05, 0) is 26.0 Å². The van der Waals surface area contributed by atoms with Crippen LogP contribution in [-0.2, 0) is 11.3 Å². The molecule has 0 radical (unpaired) electrons. The molecule has 0 aliphatic heterocycles. The number of aryl methyl sites for hydroxylation is 2. The van der Waals surface area contributed by atoms with Gasteiger partial charge in [0.25, 0.3) is 0 Å². The topological polar surface area (TPSA) is 103 Å². The SMILES string of the molecule is Cc1nnc(NC(=O)Cn2c(=O)oc3cc(Cl)ccc32)nc1C. The maximum atomic E-state index is 12.1. The molecule has 3 rings (SSSR count). The van der Waals surface area contributed by atoms with Gasteiger partial charge in [-0.25, -0.2) is 9.78 Å². The Hall–Kier alpha value is -2.74. The minimum Gasteiger partial charge on any atom is -0.408 e. The standard InChI is InChI=1S/C14H12ClN5O3/c1-7-8(2)18-19-13(16-7)17-12(21)6-20-10-4-3-9(15)5-11(10)23-14(20)22/h3-5H,6H2,1-2H3,(H,16,17,19,21). The molecule has 0 atom stereocenters. The number of halogens is 1. The summed E-state index contributed by atoms with van der Waals surface area (Å²) in [7, 11) is 0. The molecule has 0 unspecified atom stereocenters. The lowest BCUT2D eigenvalue weighted by Crippen LogP contribution is -2.25. The molecule has 0 spiro atoms. The summed E-state index contributed by atoms with van der Waals surface area (Å²) >= 11 is 5.85. The molecule has 0 aliphatic carbocycles. The fourth-order valence-electron chi connectivity index (χ4n) is 2.01. The van der Waals surface area contributed by atoms with E-state index in [4.69, 9.17) is 16.0 Å². The molecule has 8 nitrogen and oxygen atoms in total. The van der Waals surface area contributed by atoms with E-state index in [2.05, 4.69) is 20.5 Å². The van der Waals surface area contributed by atoms with Crippen molar-refractivity contribution in [3.63, 3.8) is 0 Å². The first-order chi connectivity index (χ1) is 10.9. The van der Waals surface area contributed by atoms with E-state index >= 15 is 0 Å². The number of nitrogens with zero attached hydrogens (tertiary/aromatic N) is 4. The van der Waals surface area contributed by atoms with Crippen LogP contribution in [0, 0.1) is 13.8 Å². The van der Waals surface area contributed by atoms with Gasteiger partial charge in [-0.2, -0.15) is 5.10 Å². The molecule has 0 saturated carbocycles. The number of amides is 1. The number of rotatable bonds is 3. The van der Waals surface area contributed by atoms with Crippen LogP contribution < -0.4 is 11.1 Å². The van der Waals surface area contributed by atoms with Gasteiger partial charge in [0.15, 0.2) is 5.58 Å². The van der Waals surface area contributed by atoms with E-state index in [1.807, 2.05) is 0 Å². The number of benzene rings is 1. The molecular weight excluding hydrogens is 322 g/mol. The molecule has 23 heavy (non-hydrogen) atoms. The van der Waals surface area contributed by atoms with Gasteiger partial charge in [-0.1, -0.05) is 11.6 Å². The Morgan fingerprint density at radius 2 is 2.09 bits per heavy atom. The van der Waals surface area contributed by atoms with Crippen LogP contribution in [0.5, 0.6) is 0 Å². The molecule has 0 bridgehead atoms. The number of carbonyl (C=O) groups is 1. The second-order valence-electron chi connectivity index (χ2n) is 4.92. The summed E-state index contributed by atoms with van der Waals surface area (Å²) in [6.45, 7) is 3.30. The Labute approximate surface area is 135 Å². The fraction of sp³-hybridized carbons (Fsp3) is 0.214. The van der Waals surface area contributed by atoms with Crippen molar-refractivity contribution in [1.29, 1.82) is 0 Å². The van der Waals surface area contributed by atoms with Crippen LogP contribution in [0.2, 0.25) is 5.02 Å². The zero-order chi connectivity index (χ0) is 16.6. The first-order valence-corrected chi connectivity index (χ1v) is 7.08. The third-order valence-electron chi connectivity index (χ3n) is 3.28. The number of aromatic nitrogens is 4. The Bertz CT molecular complexity index is 963. The van der Waals surface area contributed by atoms with Crippen molar-refractivity contribution in [1.82, 2.24) is 19.7 Å². The summed E-state index contributed by atoms with van der Waals surface area (Å²) < 4.78 is 6.27. The molecule has 0 fully saturated rings. The summed E-state index contributed by atoms with van der Waals surface area (Å²) in [4.78, 5) is 28.1. The Morgan fingerprint density at radius 1 is 1.30 bits per heavy atom. The Morgan fingerprint density at radius 3 is 2.83 bits per heavy atom. The van der Waals surface area contributed by atoms with Crippen LogP contribution in [0.25, 0.3) is 11.1 Å². The Balaban J connectivity index is 1.84. The number of fused-ring (bicyclic) bond motifs is 1. The summed E-state index contributed by atoms with van der Waals surface area (Å²) in [6, 6.07) is 4.75. The van der Waals surface area contributed by atoms with Crippen LogP contribution in [0.3, 0.4) is 0 Å². The highest BCUT2D eigenvalue weighted by Gasteiger charge is 2.14. The summed E-state index contributed by atoms with van der Waals surface area (Å²) in [5.41, 5.74) is 2.14. The molecule has 118 valence electrons. The van der Waals surface area contributed by atoms with Gasteiger partial charge in [0, 0.05) is 11.1 Å². The normalized spacial score (nSPS) is 10.9. The van der Waals surface area contributed by atoms with Gasteiger partial charge in [0.2, 0.25) is 11.9 Å². The monoisotopic (exact) mass is 333 g/mol. The van der Waals surface area contributed by atoms with Crippen molar-refractivity contribution in [2.45, 2.75) is 20.4 Å². The Kier molecular flexibility index (Phi) is 3.83. The van der Waals surface area contributed by atoms with Gasteiger partial charge in [0.1, 0.15) is 6.54 Å². The van der Waals surface area contributed by atoms with Crippen LogP contribution in [0.15, 0.2) is 27.4 Å². The lowest BCUT2D eigenvalue weighted by Gasteiger charge is -2.05. The third-order valence-corrected chi connectivity index (χ3v) is 3.51. The van der Waals surface area contributed by atoms with Crippen molar-refractivity contribution in [3.8, 4) is 0 Å². The van der Waals surface area contributed by atoms with E-state index in [1.165, 1.54) is 10.6 Å². The smallest absolute Gasteiger partial charge is 0.408 e. The van der Waals surface area contributed by atoms with E-state index in [-0.39, 0.29) is 12.5 Å².